The summed E-state index contributed by atoms with van der Waals surface area (Å²) in [6.45, 7) is 0. The van der Waals surface area contributed by atoms with Crippen LogP contribution in [-0.4, -0.2) is 15.5 Å². The first-order valence-electron chi connectivity index (χ1n) is 6.05. The van der Waals surface area contributed by atoms with Crippen molar-refractivity contribution in [3.63, 3.8) is 0 Å². The van der Waals surface area contributed by atoms with Gasteiger partial charge in [-0.2, -0.15) is 0 Å². The van der Waals surface area contributed by atoms with Crippen LogP contribution in [0.2, 0.25) is 0 Å². The largest absolute Gasteiger partial charge is 1.00 e. The van der Waals surface area contributed by atoms with E-state index in [4.69, 9.17) is 0 Å². The van der Waals surface area contributed by atoms with E-state index in [0.717, 1.165) is 17.1 Å². The first kappa shape index (κ1) is 14.0. The zero-order valence-electron chi connectivity index (χ0n) is 10.6. The SMILES string of the molecule is C(=Cc1nn[nH][n+]1-c1ccccc1)c1ccccc1.[Cl-]. The summed E-state index contributed by atoms with van der Waals surface area (Å²) in [6, 6.07) is 20.0. The molecule has 0 amide bonds. The topological polar surface area (TPSA) is 45.5 Å². The third-order valence-electron chi connectivity index (χ3n) is 2.77. The number of nitrogens with zero attached hydrogens (tertiary/aromatic N) is 3. The number of aromatic nitrogens is 4. The maximum absolute atomic E-state index is 4.08. The van der Waals surface area contributed by atoms with Gasteiger partial charge in [-0.25, -0.2) is 0 Å². The fourth-order valence-corrected chi connectivity index (χ4v) is 1.82. The summed E-state index contributed by atoms with van der Waals surface area (Å²) in [7, 11) is 0. The van der Waals surface area contributed by atoms with Crippen LogP contribution in [0.1, 0.15) is 11.4 Å². The molecule has 0 aliphatic heterocycles. The Morgan fingerprint density at radius 2 is 1.50 bits per heavy atom. The molecule has 0 saturated carbocycles. The molecule has 0 fully saturated rings. The quantitative estimate of drug-likeness (QED) is 0.644. The number of nitrogens with one attached hydrogen (secondary N) is 1. The van der Waals surface area contributed by atoms with Gasteiger partial charge in [0.25, 0.3) is 0 Å². The van der Waals surface area contributed by atoms with Gasteiger partial charge >= 0.3 is 5.82 Å². The summed E-state index contributed by atoms with van der Waals surface area (Å²) >= 11 is 0. The summed E-state index contributed by atoms with van der Waals surface area (Å²) in [5.74, 6) is 0.759. The fraction of sp³-hybridized carbons (Fsp3) is 0. The average Bonchev–Trinajstić information content (AvgIpc) is 2.95. The number of tetrazole rings is 1. The highest BCUT2D eigenvalue weighted by Gasteiger charge is 2.12. The smallest absolute Gasteiger partial charge is 0.329 e. The second-order valence-electron chi connectivity index (χ2n) is 4.07. The van der Waals surface area contributed by atoms with Crippen molar-refractivity contribution >= 4 is 12.2 Å². The maximum Gasteiger partial charge on any atom is 0.329 e. The van der Waals surface area contributed by atoms with Gasteiger partial charge in [0.05, 0.1) is 0 Å². The number of rotatable bonds is 3. The van der Waals surface area contributed by atoms with E-state index < -0.39 is 0 Å². The number of para-hydroxylation sites is 1. The van der Waals surface area contributed by atoms with Gasteiger partial charge < -0.3 is 12.4 Å². The van der Waals surface area contributed by atoms with Crippen LogP contribution < -0.4 is 17.1 Å². The van der Waals surface area contributed by atoms with Gasteiger partial charge in [-0.3, -0.25) is 0 Å². The molecule has 5 heteroatoms. The van der Waals surface area contributed by atoms with Crippen molar-refractivity contribution in [3.05, 3.63) is 72.1 Å². The number of hydrogen-bond donors (Lipinski definition) is 1. The Balaban J connectivity index is 0.00000147. The van der Waals surface area contributed by atoms with Crippen LogP contribution in [-0.2, 0) is 0 Å². The van der Waals surface area contributed by atoms with E-state index in [-0.39, 0.29) is 12.4 Å². The molecule has 1 aromatic heterocycles. The third-order valence-corrected chi connectivity index (χ3v) is 2.77. The number of benzene rings is 2. The fourth-order valence-electron chi connectivity index (χ4n) is 1.82. The minimum Gasteiger partial charge on any atom is -1.00 e. The summed E-state index contributed by atoms with van der Waals surface area (Å²) < 4.78 is 1.83. The summed E-state index contributed by atoms with van der Waals surface area (Å²) in [5, 5.41) is 10.8. The average molecular weight is 285 g/mol. The molecule has 0 saturated heterocycles. The molecule has 2 aromatic carbocycles. The van der Waals surface area contributed by atoms with Crippen molar-refractivity contribution < 1.29 is 17.1 Å². The Labute approximate surface area is 123 Å². The van der Waals surface area contributed by atoms with Gasteiger partial charge in [-0.15, -0.1) is 4.68 Å². The molecular weight excluding hydrogens is 272 g/mol. The van der Waals surface area contributed by atoms with E-state index in [0.29, 0.717) is 0 Å². The number of hydrogen-bond acceptors (Lipinski definition) is 2. The molecule has 3 rings (SSSR count). The van der Waals surface area contributed by atoms with Crippen LogP contribution >= 0.6 is 0 Å². The lowest BCUT2D eigenvalue weighted by molar-refractivity contribution is -0.662. The van der Waals surface area contributed by atoms with E-state index in [1.54, 1.807) is 0 Å². The zero-order valence-corrected chi connectivity index (χ0v) is 11.4. The number of aromatic amines is 1. The molecule has 0 spiro atoms. The monoisotopic (exact) mass is 284 g/mol. The van der Waals surface area contributed by atoms with Crippen molar-refractivity contribution in [1.29, 1.82) is 0 Å². The van der Waals surface area contributed by atoms with Gasteiger partial charge in [0.1, 0.15) is 10.8 Å². The Kier molecular flexibility index (Phi) is 4.63. The van der Waals surface area contributed by atoms with Gasteiger partial charge in [0.15, 0.2) is 5.21 Å². The zero-order chi connectivity index (χ0) is 12.9. The van der Waals surface area contributed by atoms with Gasteiger partial charge in [0, 0.05) is 6.08 Å². The molecule has 0 bridgehead atoms. The highest BCUT2D eigenvalue weighted by atomic mass is 35.5. The highest BCUT2D eigenvalue weighted by Crippen LogP contribution is 2.04. The molecule has 0 radical (unpaired) electrons. The van der Waals surface area contributed by atoms with Crippen molar-refractivity contribution in [3.8, 4) is 5.69 Å². The minimum atomic E-state index is 0. The van der Waals surface area contributed by atoms with E-state index in [9.17, 15) is 0 Å². The Morgan fingerprint density at radius 3 is 2.20 bits per heavy atom. The molecule has 100 valence electrons. The van der Waals surface area contributed by atoms with Crippen LogP contribution in [0.4, 0.5) is 0 Å². The molecule has 3 aromatic rings. The molecule has 20 heavy (non-hydrogen) atoms. The Morgan fingerprint density at radius 1 is 0.850 bits per heavy atom. The lowest BCUT2D eigenvalue weighted by Crippen LogP contribution is -3.00. The van der Waals surface area contributed by atoms with Crippen molar-refractivity contribution in [1.82, 2.24) is 15.5 Å². The molecular formula is C15H13ClN4. The van der Waals surface area contributed by atoms with E-state index in [1.807, 2.05) is 77.5 Å². The normalized spacial score (nSPS) is 10.4. The lowest BCUT2D eigenvalue weighted by Gasteiger charge is -1.95. The molecule has 0 atom stereocenters. The van der Waals surface area contributed by atoms with Crippen LogP contribution in [0.15, 0.2) is 60.7 Å². The molecule has 4 nitrogen and oxygen atoms in total. The first-order chi connectivity index (χ1) is 9.43. The Bertz CT molecular complexity index is 677. The van der Waals surface area contributed by atoms with Crippen LogP contribution in [0, 0.1) is 0 Å². The van der Waals surface area contributed by atoms with E-state index >= 15 is 0 Å². The van der Waals surface area contributed by atoms with Crippen molar-refractivity contribution in [2.24, 2.45) is 0 Å². The predicted molar refractivity (Wildman–Crippen MR) is 73.3 cm³/mol. The van der Waals surface area contributed by atoms with Gasteiger partial charge in [0.2, 0.25) is 0 Å². The van der Waals surface area contributed by atoms with E-state index in [1.165, 1.54) is 0 Å². The first-order valence-corrected chi connectivity index (χ1v) is 6.05. The van der Waals surface area contributed by atoms with Crippen LogP contribution in [0.25, 0.3) is 17.8 Å². The van der Waals surface area contributed by atoms with Crippen LogP contribution in [0.5, 0.6) is 0 Å². The molecule has 0 aliphatic rings. The molecule has 0 aliphatic carbocycles. The summed E-state index contributed by atoms with van der Waals surface area (Å²) in [5.41, 5.74) is 2.13. The number of halogens is 1. The highest BCUT2D eigenvalue weighted by molar-refractivity contribution is 5.65. The van der Waals surface area contributed by atoms with E-state index in [2.05, 4.69) is 15.5 Å². The molecule has 1 heterocycles. The van der Waals surface area contributed by atoms with Gasteiger partial charge in [-0.1, -0.05) is 53.7 Å². The Hall–Kier alpha value is -2.46. The molecule has 1 N–H and O–H groups in total. The predicted octanol–water partition coefficient (Wildman–Crippen LogP) is -0.744. The van der Waals surface area contributed by atoms with Crippen LogP contribution in [0.3, 0.4) is 0 Å². The summed E-state index contributed by atoms with van der Waals surface area (Å²) in [6.07, 6.45) is 3.95. The summed E-state index contributed by atoms with van der Waals surface area (Å²) in [4.78, 5) is 0. The van der Waals surface area contributed by atoms with Crippen molar-refractivity contribution in [2.45, 2.75) is 0 Å². The van der Waals surface area contributed by atoms with Gasteiger partial charge in [-0.05, 0) is 23.8 Å². The second-order valence-corrected chi connectivity index (χ2v) is 4.07. The minimum absolute atomic E-state index is 0. The standard InChI is InChI=1S/C15H12N4.ClH/c1-3-7-13(8-4-1)11-12-15-16-17-18-19(15)14-9-5-2-6-10-14;/h1-12H;1H. The second kappa shape index (κ2) is 6.63. The van der Waals surface area contributed by atoms with Crippen molar-refractivity contribution in [2.75, 3.05) is 0 Å². The molecule has 0 unspecified atom stereocenters. The number of H-pyrrole nitrogens is 1. The maximum atomic E-state index is 4.08. The lowest BCUT2D eigenvalue weighted by atomic mass is 10.2. The third kappa shape index (κ3) is 3.10.